The zero-order valence-corrected chi connectivity index (χ0v) is 11.3. The third kappa shape index (κ3) is 3.14. The first-order valence-electron chi connectivity index (χ1n) is 6.16. The molecule has 106 valence electrons. The summed E-state index contributed by atoms with van der Waals surface area (Å²) in [6, 6.07) is 4.68. The number of halogens is 1. The average Bonchev–Trinajstić information content (AvgIpc) is 2.88. The summed E-state index contributed by atoms with van der Waals surface area (Å²) in [7, 11) is 1.41. The van der Waals surface area contributed by atoms with Gasteiger partial charge >= 0.3 is 5.97 Å². The van der Waals surface area contributed by atoms with Gasteiger partial charge in [-0.2, -0.15) is 5.10 Å². The lowest BCUT2D eigenvalue weighted by Gasteiger charge is -2.05. The second kappa shape index (κ2) is 6.18. The molecule has 0 saturated carbocycles. The zero-order chi connectivity index (χ0) is 14.5. The van der Waals surface area contributed by atoms with E-state index in [0.717, 1.165) is 5.56 Å². The summed E-state index contributed by atoms with van der Waals surface area (Å²) in [5.41, 5.74) is 1.10. The van der Waals surface area contributed by atoms with Crippen LogP contribution in [0.25, 0.3) is 0 Å². The van der Waals surface area contributed by atoms with Crippen molar-refractivity contribution in [1.29, 1.82) is 0 Å². The SMILES string of the molecule is CCOC(=O)c1cnn(Cc2ccc(OC)c(F)c2)c1. The molecule has 0 aliphatic heterocycles. The van der Waals surface area contributed by atoms with Crippen molar-refractivity contribution in [2.45, 2.75) is 13.5 Å². The van der Waals surface area contributed by atoms with Crippen LogP contribution >= 0.6 is 0 Å². The van der Waals surface area contributed by atoms with E-state index in [9.17, 15) is 9.18 Å². The van der Waals surface area contributed by atoms with Crippen molar-refractivity contribution in [3.8, 4) is 5.75 Å². The Bertz CT molecular complexity index is 610. The quantitative estimate of drug-likeness (QED) is 0.787. The molecule has 5 nitrogen and oxygen atoms in total. The van der Waals surface area contributed by atoms with Crippen molar-refractivity contribution in [2.24, 2.45) is 0 Å². The average molecular weight is 278 g/mol. The van der Waals surface area contributed by atoms with Crippen LogP contribution in [0.5, 0.6) is 5.75 Å². The molecule has 1 aromatic heterocycles. The van der Waals surface area contributed by atoms with E-state index in [1.807, 2.05) is 0 Å². The number of carbonyl (C=O) groups excluding carboxylic acids is 1. The third-order valence-corrected chi connectivity index (χ3v) is 2.71. The molecule has 0 saturated heterocycles. The Morgan fingerprint density at radius 3 is 2.90 bits per heavy atom. The molecule has 0 aliphatic carbocycles. The summed E-state index contributed by atoms with van der Waals surface area (Å²) in [6.45, 7) is 2.41. The van der Waals surface area contributed by atoms with E-state index in [2.05, 4.69) is 5.10 Å². The Morgan fingerprint density at radius 1 is 1.45 bits per heavy atom. The second-order valence-electron chi connectivity index (χ2n) is 4.12. The summed E-state index contributed by atoms with van der Waals surface area (Å²) in [5, 5.41) is 4.05. The van der Waals surface area contributed by atoms with Gasteiger partial charge in [-0.3, -0.25) is 4.68 Å². The molecule has 0 bridgehead atoms. The van der Waals surface area contributed by atoms with Crippen LogP contribution in [0, 0.1) is 5.82 Å². The fourth-order valence-corrected chi connectivity index (χ4v) is 1.77. The first kappa shape index (κ1) is 14.0. The first-order valence-corrected chi connectivity index (χ1v) is 6.16. The Morgan fingerprint density at radius 2 is 2.25 bits per heavy atom. The van der Waals surface area contributed by atoms with Gasteiger partial charge in [0.1, 0.15) is 0 Å². The van der Waals surface area contributed by atoms with Gasteiger partial charge in [0, 0.05) is 6.20 Å². The van der Waals surface area contributed by atoms with E-state index in [1.165, 1.54) is 19.4 Å². The lowest BCUT2D eigenvalue weighted by Crippen LogP contribution is -2.04. The first-order chi connectivity index (χ1) is 9.63. The molecule has 6 heteroatoms. The summed E-state index contributed by atoms with van der Waals surface area (Å²) in [4.78, 5) is 11.5. The van der Waals surface area contributed by atoms with Crippen molar-refractivity contribution >= 4 is 5.97 Å². The Labute approximate surface area is 115 Å². The number of hydrogen-bond donors (Lipinski definition) is 0. The highest BCUT2D eigenvalue weighted by Crippen LogP contribution is 2.18. The molecule has 0 spiro atoms. The fraction of sp³-hybridized carbons (Fsp3) is 0.286. The van der Waals surface area contributed by atoms with Crippen LogP contribution in [-0.2, 0) is 11.3 Å². The van der Waals surface area contributed by atoms with Gasteiger partial charge in [0.2, 0.25) is 0 Å². The van der Waals surface area contributed by atoms with Gasteiger partial charge in [-0.15, -0.1) is 0 Å². The zero-order valence-electron chi connectivity index (χ0n) is 11.3. The number of hydrogen-bond acceptors (Lipinski definition) is 4. The summed E-state index contributed by atoms with van der Waals surface area (Å²) >= 11 is 0. The van der Waals surface area contributed by atoms with Crippen molar-refractivity contribution in [3.05, 3.63) is 47.5 Å². The van der Waals surface area contributed by atoms with Crippen LogP contribution < -0.4 is 4.74 Å². The topological polar surface area (TPSA) is 53.3 Å². The van der Waals surface area contributed by atoms with E-state index in [4.69, 9.17) is 9.47 Å². The minimum absolute atomic E-state index is 0.196. The van der Waals surface area contributed by atoms with E-state index in [1.54, 1.807) is 29.9 Å². The molecule has 0 radical (unpaired) electrons. The van der Waals surface area contributed by atoms with Gasteiger partial charge in [-0.1, -0.05) is 6.07 Å². The molecule has 0 aliphatic rings. The van der Waals surface area contributed by atoms with Gasteiger partial charge in [0.15, 0.2) is 11.6 Å². The maximum Gasteiger partial charge on any atom is 0.341 e. The molecule has 1 heterocycles. The lowest BCUT2D eigenvalue weighted by atomic mass is 10.2. The smallest absolute Gasteiger partial charge is 0.341 e. The molecule has 0 N–H and O–H groups in total. The van der Waals surface area contributed by atoms with E-state index in [0.29, 0.717) is 18.7 Å². The maximum atomic E-state index is 13.6. The number of ether oxygens (including phenoxy) is 2. The standard InChI is InChI=1S/C14H15FN2O3/c1-3-20-14(18)11-7-16-17(9-11)8-10-4-5-13(19-2)12(15)6-10/h4-7,9H,3,8H2,1-2H3. The minimum atomic E-state index is -0.428. The molecule has 0 fully saturated rings. The number of benzene rings is 1. The Kier molecular flexibility index (Phi) is 4.34. The van der Waals surface area contributed by atoms with Gasteiger partial charge in [-0.05, 0) is 24.6 Å². The predicted molar refractivity (Wildman–Crippen MR) is 70.2 cm³/mol. The van der Waals surface area contributed by atoms with Crippen LogP contribution in [0.1, 0.15) is 22.8 Å². The van der Waals surface area contributed by atoms with E-state index >= 15 is 0 Å². The molecule has 20 heavy (non-hydrogen) atoms. The monoisotopic (exact) mass is 278 g/mol. The Hall–Kier alpha value is -2.37. The summed E-state index contributed by atoms with van der Waals surface area (Å²) < 4.78 is 24.8. The molecule has 0 amide bonds. The third-order valence-electron chi connectivity index (χ3n) is 2.71. The predicted octanol–water partition coefficient (Wildman–Crippen LogP) is 2.26. The molecule has 0 atom stereocenters. The number of aromatic nitrogens is 2. The highest BCUT2D eigenvalue weighted by atomic mass is 19.1. The van der Waals surface area contributed by atoms with Crippen molar-refractivity contribution in [2.75, 3.05) is 13.7 Å². The van der Waals surface area contributed by atoms with Gasteiger partial charge in [0.05, 0.1) is 32.0 Å². The van der Waals surface area contributed by atoms with Crippen molar-refractivity contribution < 1.29 is 18.7 Å². The van der Waals surface area contributed by atoms with Crippen molar-refractivity contribution in [3.63, 3.8) is 0 Å². The molecular formula is C14H15FN2O3. The van der Waals surface area contributed by atoms with Gasteiger partial charge in [-0.25, -0.2) is 9.18 Å². The summed E-state index contributed by atoms with van der Waals surface area (Å²) in [5.74, 6) is -0.649. The lowest BCUT2D eigenvalue weighted by molar-refractivity contribution is 0.0526. The van der Waals surface area contributed by atoms with Crippen LogP contribution in [0.2, 0.25) is 0 Å². The van der Waals surface area contributed by atoms with Crippen LogP contribution in [0.4, 0.5) is 4.39 Å². The van der Waals surface area contributed by atoms with Crippen LogP contribution in [-0.4, -0.2) is 29.5 Å². The van der Waals surface area contributed by atoms with Crippen LogP contribution in [0.3, 0.4) is 0 Å². The van der Waals surface area contributed by atoms with Gasteiger partial charge in [0.25, 0.3) is 0 Å². The highest BCUT2D eigenvalue weighted by molar-refractivity contribution is 5.88. The second-order valence-corrected chi connectivity index (χ2v) is 4.12. The normalized spacial score (nSPS) is 10.3. The van der Waals surface area contributed by atoms with E-state index < -0.39 is 11.8 Å². The largest absolute Gasteiger partial charge is 0.494 e. The maximum absolute atomic E-state index is 13.6. The molecule has 2 aromatic rings. The molecular weight excluding hydrogens is 263 g/mol. The fourth-order valence-electron chi connectivity index (χ4n) is 1.77. The van der Waals surface area contributed by atoms with Gasteiger partial charge < -0.3 is 9.47 Å². The number of methoxy groups -OCH3 is 1. The number of rotatable bonds is 5. The number of esters is 1. The minimum Gasteiger partial charge on any atom is -0.494 e. The number of nitrogens with zero attached hydrogens (tertiary/aromatic N) is 2. The van der Waals surface area contributed by atoms with Crippen LogP contribution in [0.15, 0.2) is 30.6 Å². The number of carbonyl (C=O) groups is 1. The Balaban J connectivity index is 2.10. The molecule has 2 rings (SSSR count). The highest BCUT2D eigenvalue weighted by Gasteiger charge is 2.10. The van der Waals surface area contributed by atoms with E-state index in [-0.39, 0.29) is 5.75 Å². The molecule has 1 aromatic carbocycles. The summed E-state index contributed by atoms with van der Waals surface area (Å²) in [6.07, 6.45) is 3.00. The van der Waals surface area contributed by atoms with Crippen molar-refractivity contribution in [1.82, 2.24) is 9.78 Å². The molecule has 0 unspecified atom stereocenters.